The predicted molar refractivity (Wildman–Crippen MR) is 63.7 cm³/mol. The zero-order valence-corrected chi connectivity index (χ0v) is 9.90. The van der Waals surface area contributed by atoms with Gasteiger partial charge in [-0.15, -0.1) is 0 Å². The molecular formula is C13H15NO3. The quantitative estimate of drug-likeness (QED) is 0.643. The Hall–Kier alpha value is -1.84. The van der Waals surface area contributed by atoms with Gasteiger partial charge >= 0.3 is 5.97 Å². The van der Waals surface area contributed by atoms with Gasteiger partial charge in [0, 0.05) is 12.6 Å². The largest absolute Gasteiger partial charge is 0.426 e. The van der Waals surface area contributed by atoms with Crippen LogP contribution in [0.1, 0.15) is 20.3 Å². The molecule has 0 radical (unpaired) electrons. The van der Waals surface area contributed by atoms with Crippen LogP contribution in [0.2, 0.25) is 0 Å². The Morgan fingerprint density at radius 3 is 2.35 bits per heavy atom. The summed E-state index contributed by atoms with van der Waals surface area (Å²) in [5.74, 6) is 0.737. The van der Waals surface area contributed by atoms with E-state index in [2.05, 4.69) is 5.32 Å². The van der Waals surface area contributed by atoms with Gasteiger partial charge in [-0.2, -0.15) is 0 Å². The van der Waals surface area contributed by atoms with Gasteiger partial charge < -0.3 is 10.1 Å². The molecule has 17 heavy (non-hydrogen) atoms. The average molecular weight is 233 g/mol. The molecule has 0 heterocycles. The molecule has 1 aromatic carbocycles. The summed E-state index contributed by atoms with van der Waals surface area (Å²) in [6, 6.07) is 6.77. The second kappa shape index (κ2) is 4.57. The fraction of sp³-hybridized carbons (Fsp3) is 0.385. The van der Waals surface area contributed by atoms with Gasteiger partial charge in [0.05, 0.1) is 5.92 Å². The van der Waals surface area contributed by atoms with Gasteiger partial charge in [0.15, 0.2) is 0 Å². The highest BCUT2D eigenvalue weighted by Gasteiger charge is 2.40. The smallest absolute Gasteiger partial charge is 0.314 e. The Morgan fingerprint density at radius 1 is 1.29 bits per heavy atom. The standard InChI is InChI=1S/C13H15NO3/c1-8-7-12(8)13(16)17-11-5-3-10(4-6-11)14-9(2)15/h3-6,8,12H,7H2,1-2H3,(H,14,15). The monoisotopic (exact) mass is 233 g/mol. The molecule has 90 valence electrons. The number of hydrogen-bond donors (Lipinski definition) is 1. The molecular weight excluding hydrogens is 218 g/mol. The van der Waals surface area contributed by atoms with Crippen LogP contribution in [0.15, 0.2) is 24.3 Å². The third-order valence-corrected chi connectivity index (χ3v) is 2.81. The fourth-order valence-corrected chi connectivity index (χ4v) is 1.65. The number of carbonyl (C=O) groups excluding carboxylic acids is 2. The van der Waals surface area contributed by atoms with E-state index in [4.69, 9.17) is 4.74 Å². The third-order valence-electron chi connectivity index (χ3n) is 2.81. The van der Waals surface area contributed by atoms with Gasteiger partial charge in [-0.3, -0.25) is 9.59 Å². The maximum absolute atomic E-state index is 11.6. The lowest BCUT2D eigenvalue weighted by molar-refractivity contribution is -0.136. The lowest BCUT2D eigenvalue weighted by Gasteiger charge is -2.05. The second-order valence-corrected chi connectivity index (χ2v) is 4.45. The molecule has 1 aliphatic carbocycles. The summed E-state index contributed by atoms with van der Waals surface area (Å²) in [7, 11) is 0. The van der Waals surface area contributed by atoms with Crippen molar-refractivity contribution in [2.45, 2.75) is 20.3 Å². The lowest BCUT2D eigenvalue weighted by atomic mass is 10.3. The zero-order valence-electron chi connectivity index (χ0n) is 9.90. The van der Waals surface area contributed by atoms with Gasteiger partial charge in [-0.05, 0) is 36.6 Å². The number of nitrogens with one attached hydrogen (secondary N) is 1. The van der Waals surface area contributed by atoms with Crippen molar-refractivity contribution in [3.8, 4) is 5.75 Å². The van der Waals surface area contributed by atoms with Gasteiger partial charge in [0.25, 0.3) is 0 Å². The van der Waals surface area contributed by atoms with E-state index in [-0.39, 0.29) is 17.8 Å². The van der Waals surface area contributed by atoms with Gasteiger partial charge in [0.1, 0.15) is 5.75 Å². The maximum atomic E-state index is 11.6. The molecule has 2 atom stereocenters. The first-order valence-corrected chi connectivity index (χ1v) is 5.65. The number of esters is 1. The summed E-state index contributed by atoms with van der Waals surface area (Å²) in [5.41, 5.74) is 0.692. The summed E-state index contributed by atoms with van der Waals surface area (Å²) in [4.78, 5) is 22.4. The highest BCUT2D eigenvalue weighted by molar-refractivity contribution is 5.88. The first kappa shape index (κ1) is 11.6. The molecule has 4 heteroatoms. The van der Waals surface area contributed by atoms with Crippen molar-refractivity contribution in [2.24, 2.45) is 11.8 Å². The molecule has 0 bridgehead atoms. The number of hydrogen-bond acceptors (Lipinski definition) is 3. The van der Waals surface area contributed by atoms with Crippen molar-refractivity contribution < 1.29 is 14.3 Å². The van der Waals surface area contributed by atoms with Gasteiger partial charge in [0.2, 0.25) is 5.91 Å². The van der Waals surface area contributed by atoms with Crippen LogP contribution in [0.25, 0.3) is 0 Å². The minimum absolute atomic E-state index is 0.0602. The Morgan fingerprint density at radius 2 is 1.88 bits per heavy atom. The Labute approximate surface area is 100.0 Å². The van der Waals surface area contributed by atoms with E-state index < -0.39 is 0 Å². The highest BCUT2D eigenvalue weighted by Crippen LogP contribution is 2.38. The minimum atomic E-state index is -0.162. The molecule has 1 saturated carbocycles. The molecule has 0 saturated heterocycles. The number of ether oxygens (including phenoxy) is 1. The first-order valence-electron chi connectivity index (χ1n) is 5.65. The summed E-state index contributed by atoms with van der Waals surface area (Å²) >= 11 is 0. The Kier molecular flexibility index (Phi) is 3.13. The second-order valence-electron chi connectivity index (χ2n) is 4.45. The van der Waals surface area contributed by atoms with Crippen molar-refractivity contribution in [1.82, 2.24) is 0 Å². The van der Waals surface area contributed by atoms with Crippen molar-refractivity contribution in [2.75, 3.05) is 5.32 Å². The van der Waals surface area contributed by atoms with E-state index >= 15 is 0 Å². The van der Waals surface area contributed by atoms with Crippen LogP contribution < -0.4 is 10.1 Å². The minimum Gasteiger partial charge on any atom is -0.426 e. The van der Waals surface area contributed by atoms with E-state index in [9.17, 15) is 9.59 Å². The molecule has 1 fully saturated rings. The molecule has 1 amide bonds. The topological polar surface area (TPSA) is 55.4 Å². The fourth-order valence-electron chi connectivity index (χ4n) is 1.65. The van der Waals surface area contributed by atoms with E-state index in [0.717, 1.165) is 6.42 Å². The van der Waals surface area contributed by atoms with E-state index in [0.29, 0.717) is 17.4 Å². The van der Waals surface area contributed by atoms with Crippen LogP contribution in [-0.2, 0) is 9.59 Å². The molecule has 0 spiro atoms. The number of benzene rings is 1. The van der Waals surface area contributed by atoms with E-state index in [1.807, 2.05) is 6.92 Å². The van der Waals surface area contributed by atoms with Crippen molar-refractivity contribution in [3.05, 3.63) is 24.3 Å². The number of anilines is 1. The first-order chi connectivity index (χ1) is 8.06. The molecule has 1 aliphatic rings. The van der Waals surface area contributed by atoms with Crippen LogP contribution in [0.4, 0.5) is 5.69 Å². The van der Waals surface area contributed by atoms with E-state index in [1.54, 1.807) is 24.3 Å². The summed E-state index contributed by atoms with van der Waals surface area (Å²) < 4.78 is 5.22. The Bertz CT molecular complexity index is 438. The SMILES string of the molecule is CC(=O)Nc1ccc(OC(=O)C2CC2C)cc1. The van der Waals surface area contributed by atoms with Crippen LogP contribution in [-0.4, -0.2) is 11.9 Å². The van der Waals surface area contributed by atoms with Crippen molar-refractivity contribution in [1.29, 1.82) is 0 Å². The molecule has 4 nitrogen and oxygen atoms in total. The highest BCUT2D eigenvalue weighted by atomic mass is 16.5. The predicted octanol–water partition coefficient (Wildman–Crippen LogP) is 2.21. The molecule has 1 aromatic rings. The van der Waals surface area contributed by atoms with Crippen molar-refractivity contribution in [3.63, 3.8) is 0 Å². The van der Waals surface area contributed by atoms with Crippen LogP contribution in [0.5, 0.6) is 5.75 Å². The molecule has 0 aliphatic heterocycles. The maximum Gasteiger partial charge on any atom is 0.314 e. The van der Waals surface area contributed by atoms with Gasteiger partial charge in [-0.25, -0.2) is 0 Å². The summed E-state index contributed by atoms with van der Waals surface area (Å²) in [6.45, 7) is 3.48. The molecule has 0 aromatic heterocycles. The third kappa shape index (κ3) is 3.06. The normalized spacial score (nSPS) is 21.8. The zero-order chi connectivity index (χ0) is 12.4. The van der Waals surface area contributed by atoms with Crippen LogP contribution >= 0.6 is 0 Å². The summed E-state index contributed by atoms with van der Waals surface area (Å²) in [6.07, 6.45) is 0.919. The number of rotatable bonds is 3. The lowest BCUT2D eigenvalue weighted by Crippen LogP contribution is -2.11. The molecule has 2 rings (SSSR count). The Balaban J connectivity index is 1.93. The van der Waals surface area contributed by atoms with Crippen LogP contribution in [0, 0.1) is 11.8 Å². The summed E-state index contributed by atoms with van der Waals surface area (Å²) in [5, 5.41) is 2.65. The van der Waals surface area contributed by atoms with Crippen molar-refractivity contribution >= 4 is 17.6 Å². The number of carbonyl (C=O) groups is 2. The van der Waals surface area contributed by atoms with Gasteiger partial charge in [-0.1, -0.05) is 6.92 Å². The van der Waals surface area contributed by atoms with E-state index in [1.165, 1.54) is 6.92 Å². The van der Waals surface area contributed by atoms with Crippen LogP contribution in [0.3, 0.4) is 0 Å². The average Bonchev–Trinajstić information content (AvgIpc) is 2.98. The molecule has 1 N–H and O–H groups in total. The number of amides is 1. The molecule has 2 unspecified atom stereocenters.